The quantitative estimate of drug-likeness (QED) is 0.837. The maximum Gasteiger partial charge on any atom is 0.251 e. The molecule has 0 bridgehead atoms. The molecule has 4 nitrogen and oxygen atoms in total. The Hall–Kier alpha value is -1.81. The monoisotopic (exact) mass is 278 g/mol. The Kier molecular flexibility index (Phi) is 4.22. The first kappa shape index (κ1) is 13.6. The highest BCUT2D eigenvalue weighted by Crippen LogP contribution is 2.13. The van der Waals surface area contributed by atoms with Crippen LogP contribution in [0.4, 0.5) is 0 Å². The molecule has 0 aliphatic heterocycles. The Morgan fingerprint density at radius 3 is 2.89 bits per heavy atom. The molecule has 0 unspecified atom stereocenters. The predicted molar refractivity (Wildman–Crippen MR) is 76.7 cm³/mol. The van der Waals surface area contributed by atoms with Crippen molar-refractivity contribution in [1.82, 2.24) is 10.3 Å². The first-order valence-corrected chi connectivity index (χ1v) is 6.59. The van der Waals surface area contributed by atoms with E-state index in [4.69, 9.17) is 11.6 Å². The number of hydrogen-bond acceptors (Lipinski definition) is 2. The van der Waals surface area contributed by atoms with Gasteiger partial charge in [-0.05, 0) is 36.4 Å². The summed E-state index contributed by atoms with van der Waals surface area (Å²) in [4.78, 5) is 25.8. The second kappa shape index (κ2) is 5.89. The van der Waals surface area contributed by atoms with Gasteiger partial charge in [0.05, 0.1) is 0 Å². The number of amides is 1. The average Bonchev–Trinajstić information content (AvgIpc) is 2.39. The van der Waals surface area contributed by atoms with Gasteiger partial charge in [0.1, 0.15) is 5.88 Å². The van der Waals surface area contributed by atoms with Gasteiger partial charge >= 0.3 is 0 Å². The van der Waals surface area contributed by atoms with Gasteiger partial charge < -0.3 is 10.3 Å². The van der Waals surface area contributed by atoms with Crippen LogP contribution < -0.4 is 10.9 Å². The molecule has 0 saturated carbocycles. The van der Waals surface area contributed by atoms with Crippen LogP contribution in [0.15, 0.2) is 29.1 Å². The number of benzene rings is 1. The molecule has 1 aromatic carbocycles. The van der Waals surface area contributed by atoms with Crippen LogP contribution in [0.5, 0.6) is 0 Å². The molecular formula is C14H15ClN2O2. The van der Waals surface area contributed by atoms with E-state index in [0.29, 0.717) is 18.5 Å². The molecule has 0 saturated heterocycles. The summed E-state index contributed by atoms with van der Waals surface area (Å²) in [6.45, 7) is 2.39. The van der Waals surface area contributed by atoms with Gasteiger partial charge in [-0.3, -0.25) is 9.59 Å². The van der Waals surface area contributed by atoms with E-state index in [2.05, 4.69) is 10.3 Å². The number of aromatic nitrogens is 1. The average molecular weight is 279 g/mol. The van der Waals surface area contributed by atoms with E-state index in [-0.39, 0.29) is 17.3 Å². The minimum atomic E-state index is -0.227. The number of hydrogen-bond donors (Lipinski definition) is 2. The molecule has 0 fully saturated rings. The fourth-order valence-corrected chi connectivity index (χ4v) is 2.02. The number of pyridine rings is 1. The van der Waals surface area contributed by atoms with Gasteiger partial charge in [-0.25, -0.2) is 0 Å². The molecule has 2 rings (SSSR count). The Labute approximate surface area is 115 Å². The number of rotatable bonds is 4. The summed E-state index contributed by atoms with van der Waals surface area (Å²) in [5, 5.41) is 3.63. The number of fused-ring (bicyclic) bond motifs is 1. The maximum atomic E-state index is 11.9. The summed E-state index contributed by atoms with van der Waals surface area (Å²) in [6, 6.07) is 7.78. The minimum Gasteiger partial charge on any atom is -0.355 e. The van der Waals surface area contributed by atoms with Crippen LogP contribution in [0.3, 0.4) is 0 Å². The van der Waals surface area contributed by atoms with Crippen LogP contribution in [0.1, 0.15) is 11.1 Å². The number of alkyl halides is 1. The smallest absolute Gasteiger partial charge is 0.251 e. The molecular weight excluding hydrogens is 264 g/mol. The lowest BCUT2D eigenvalue weighted by atomic mass is 10.1. The predicted octanol–water partition coefficient (Wildman–Crippen LogP) is 1.73. The Morgan fingerprint density at radius 1 is 1.37 bits per heavy atom. The molecule has 0 radical (unpaired) electrons. The number of carbonyl (C=O) groups is 1. The zero-order chi connectivity index (χ0) is 13.8. The third-order valence-corrected chi connectivity index (χ3v) is 3.16. The third kappa shape index (κ3) is 3.35. The first-order valence-electron chi connectivity index (χ1n) is 6.05. The van der Waals surface area contributed by atoms with Gasteiger partial charge in [0, 0.05) is 17.6 Å². The van der Waals surface area contributed by atoms with Crippen molar-refractivity contribution in [2.75, 3.05) is 12.4 Å². The van der Waals surface area contributed by atoms with Crippen molar-refractivity contribution in [2.45, 2.75) is 13.3 Å². The number of nitrogens with one attached hydrogen (secondary N) is 2. The molecule has 19 heavy (non-hydrogen) atoms. The maximum absolute atomic E-state index is 11.9. The van der Waals surface area contributed by atoms with E-state index in [9.17, 15) is 9.59 Å². The molecule has 0 aliphatic rings. The van der Waals surface area contributed by atoms with Crippen molar-refractivity contribution < 1.29 is 4.79 Å². The van der Waals surface area contributed by atoms with E-state index in [0.717, 1.165) is 16.5 Å². The molecule has 1 aromatic heterocycles. The van der Waals surface area contributed by atoms with Crippen molar-refractivity contribution in [3.8, 4) is 0 Å². The van der Waals surface area contributed by atoms with Crippen LogP contribution >= 0.6 is 11.6 Å². The van der Waals surface area contributed by atoms with Gasteiger partial charge in [-0.1, -0.05) is 12.1 Å². The van der Waals surface area contributed by atoms with Gasteiger partial charge in [0.15, 0.2) is 0 Å². The van der Waals surface area contributed by atoms with Gasteiger partial charge in [0.25, 0.3) is 5.56 Å². The zero-order valence-electron chi connectivity index (χ0n) is 10.6. The standard InChI is InChI=1S/C14H15ClN2O2/c1-9-2-3-10-7-11(4-5-16-13(18)8-15)14(19)17-12(10)6-9/h2-3,6-7H,4-5,8H2,1H3,(H,16,18)(H,17,19). The van der Waals surface area contributed by atoms with Crippen molar-refractivity contribution in [1.29, 1.82) is 0 Å². The van der Waals surface area contributed by atoms with E-state index >= 15 is 0 Å². The molecule has 1 amide bonds. The first-order chi connectivity index (χ1) is 9.10. The lowest BCUT2D eigenvalue weighted by Crippen LogP contribution is -2.28. The van der Waals surface area contributed by atoms with Crippen LogP contribution in [0.2, 0.25) is 0 Å². The molecule has 2 N–H and O–H groups in total. The number of H-pyrrole nitrogens is 1. The second-order valence-corrected chi connectivity index (χ2v) is 4.72. The number of aromatic amines is 1. The van der Waals surface area contributed by atoms with Crippen LogP contribution in [0.25, 0.3) is 10.9 Å². The van der Waals surface area contributed by atoms with Gasteiger partial charge in [0.2, 0.25) is 5.91 Å². The summed E-state index contributed by atoms with van der Waals surface area (Å²) in [6.07, 6.45) is 0.488. The molecule has 1 heterocycles. The van der Waals surface area contributed by atoms with Crippen LogP contribution in [-0.2, 0) is 11.2 Å². The largest absolute Gasteiger partial charge is 0.355 e. The summed E-state index contributed by atoms with van der Waals surface area (Å²) < 4.78 is 0. The Bertz CT molecular complexity index is 664. The number of halogens is 1. The van der Waals surface area contributed by atoms with Gasteiger partial charge in [-0.2, -0.15) is 0 Å². The molecule has 0 aliphatic carbocycles. The number of carbonyl (C=O) groups excluding carboxylic acids is 1. The molecule has 100 valence electrons. The SMILES string of the molecule is Cc1ccc2cc(CCNC(=O)CCl)c(=O)[nH]c2c1. The Balaban J connectivity index is 2.20. The highest BCUT2D eigenvalue weighted by molar-refractivity contribution is 6.27. The third-order valence-electron chi connectivity index (χ3n) is 2.92. The summed E-state index contributed by atoms with van der Waals surface area (Å²) in [5.74, 6) is -0.289. The number of aryl methyl sites for hydroxylation is 1. The van der Waals surface area contributed by atoms with E-state index < -0.39 is 0 Å². The Morgan fingerprint density at radius 2 is 2.16 bits per heavy atom. The van der Waals surface area contributed by atoms with Crippen molar-refractivity contribution >= 4 is 28.4 Å². The minimum absolute atomic E-state index is 0.0621. The van der Waals surface area contributed by atoms with Crippen LogP contribution in [-0.4, -0.2) is 23.3 Å². The lowest BCUT2D eigenvalue weighted by molar-refractivity contribution is -0.118. The van der Waals surface area contributed by atoms with Crippen molar-refractivity contribution in [2.24, 2.45) is 0 Å². The summed E-state index contributed by atoms with van der Waals surface area (Å²) >= 11 is 5.38. The van der Waals surface area contributed by atoms with E-state index in [1.54, 1.807) is 0 Å². The fraction of sp³-hybridized carbons (Fsp3) is 0.286. The molecule has 0 atom stereocenters. The lowest BCUT2D eigenvalue weighted by Gasteiger charge is -2.05. The normalized spacial score (nSPS) is 10.6. The van der Waals surface area contributed by atoms with E-state index in [1.807, 2.05) is 31.2 Å². The molecule has 0 spiro atoms. The van der Waals surface area contributed by atoms with Crippen molar-refractivity contribution in [3.05, 3.63) is 45.7 Å². The molecule has 5 heteroatoms. The molecule has 2 aromatic rings. The topological polar surface area (TPSA) is 62.0 Å². The van der Waals surface area contributed by atoms with Crippen molar-refractivity contribution in [3.63, 3.8) is 0 Å². The van der Waals surface area contributed by atoms with Gasteiger partial charge in [-0.15, -0.1) is 11.6 Å². The second-order valence-electron chi connectivity index (χ2n) is 4.45. The van der Waals surface area contributed by atoms with Crippen LogP contribution in [0, 0.1) is 6.92 Å². The zero-order valence-corrected chi connectivity index (χ0v) is 11.4. The van der Waals surface area contributed by atoms with E-state index in [1.165, 1.54) is 0 Å². The summed E-state index contributed by atoms with van der Waals surface area (Å²) in [7, 11) is 0. The fourth-order valence-electron chi connectivity index (χ4n) is 1.93. The summed E-state index contributed by atoms with van der Waals surface area (Å²) in [5.41, 5.74) is 2.48. The highest BCUT2D eigenvalue weighted by atomic mass is 35.5. The highest BCUT2D eigenvalue weighted by Gasteiger charge is 2.04.